The molecule has 18 heavy (non-hydrogen) atoms. The van der Waals surface area contributed by atoms with Gasteiger partial charge in [0, 0.05) is 0 Å². The molecule has 0 atom stereocenters. The topological polar surface area (TPSA) is 54.9 Å². The predicted octanol–water partition coefficient (Wildman–Crippen LogP) is 3.13. The summed E-state index contributed by atoms with van der Waals surface area (Å²) in [4.78, 5) is 18.4. The molecule has 6 heteroatoms. The summed E-state index contributed by atoms with van der Waals surface area (Å²) >= 11 is 5.74. The van der Waals surface area contributed by atoms with Crippen molar-refractivity contribution in [2.24, 2.45) is 0 Å². The van der Waals surface area contributed by atoms with Gasteiger partial charge in [-0.3, -0.25) is 4.79 Å². The van der Waals surface area contributed by atoms with Crippen LogP contribution in [0.5, 0.6) is 0 Å². The standard InChI is InChI=1S/C12H9ClFN3O/c1-7-2-3-10(9(14)4-7)17-12-8(5-18)11(13)15-6-16-12/h2-6H,1H3,(H,15,16,17). The van der Waals surface area contributed by atoms with E-state index in [0.29, 0.717) is 6.29 Å². The van der Waals surface area contributed by atoms with Crippen LogP contribution in [0, 0.1) is 12.7 Å². The molecule has 0 radical (unpaired) electrons. The smallest absolute Gasteiger partial charge is 0.156 e. The highest BCUT2D eigenvalue weighted by Gasteiger charge is 2.11. The van der Waals surface area contributed by atoms with Gasteiger partial charge in [0.1, 0.15) is 23.1 Å². The Kier molecular flexibility index (Phi) is 3.53. The van der Waals surface area contributed by atoms with E-state index >= 15 is 0 Å². The number of benzene rings is 1. The van der Waals surface area contributed by atoms with E-state index in [4.69, 9.17) is 11.6 Å². The average Bonchev–Trinajstić information content (AvgIpc) is 2.33. The van der Waals surface area contributed by atoms with Crippen LogP contribution in [0.25, 0.3) is 0 Å². The molecule has 2 aromatic rings. The van der Waals surface area contributed by atoms with Crippen LogP contribution in [0.4, 0.5) is 15.9 Å². The van der Waals surface area contributed by atoms with Gasteiger partial charge >= 0.3 is 0 Å². The molecular formula is C12H9ClFN3O. The Morgan fingerprint density at radius 3 is 2.83 bits per heavy atom. The fourth-order valence-electron chi connectivity index (χ4n) is 1.43. The Hall–Kier alpha value is -2.01. The summed E-state index contributed by atoms with van der Waals surface area (Å²) in [5.41, 5.74) is 1.12. The summed E-state index contributed by atoms with van der Waals surface area (Å²) < 4.78 is 13.6. The van der Waals surface area contributed by atoms with Gasteiger partial charge < -0.3 is 5.32 Å². The number of nitrogens with zero attached hydrogens (tertiary/aromatic N) is 2. The van der Waals surface area contributed by atoms with Gasteiger partial charge in [-0.05, 0) is 24.6 Å². The van der Waals surface area contributed by atoms with E-state index in [1.54, 1.807) is 19.1 Å². The molecule has 0 aliphatic carbocycles. The number of rotatable bonds is 3. The molecule has 2 rings (SSSR count). The third-order valence-electron chi connectivity index (χ3n) is 2.33. The van der Waals surface area contributed by atoms with Gasteiger partial charge in [-0.15, -0.1) is 0 Å². The van der Waals surface area contributed by atoms with Crippen LogP contribution < -0.4 is 5.32 Å². The Morgan fingerprint density at radius 2 is 2.17 bits per heavy atom. The van der Waals surface area contributed by atoms with Crippen LogP contribution in [-0.2, 0) is 0 Å². The average molecular weight is 266 g/mol. The Balaban J connectivity index is 2.40. The zero-order valence-corrected chi connectivity index (χ0v) is 10.2. The first-order valence-corrected chi connectivity index (χ1v) is 5.48. The number of aryl methyl sites for hydroxylation is 1. The largest absolute Gasteiger partial charge is 0.337 e. The van der Waals surface area contributed by atoms with Crippen LogP contribution in [0.15, 0.2) is 24.5 Å². The zero-order chi connectivity index (χ0) is 13.1. The molecule has 1 aromatic heterocycles. The molecule has 0 aliphatic heterocycles. The molecule has 0 spiro atoms. The quantitative estimate of drug-likeness (QED) is 0.684. The van der Waals surface area contributed by atoms with Crippen LogP contribution in [0.1, 0.15) is 15.9 Å². The maximum absolute atomic E-state index is 13.6. The molecule has 0 amide bonds. The number of nitrogens with one attached hydrogen (secondary N) is 1. The van der Waals surface area contributed by atoms with E-state index < -0.39 is 5.82 Å². The summed E-state index contributed by atoms with van der Waals surface area (Å²) in [6.07, 6.45) is 1.72. The monoisotopic (exact) mass is 265 g/mol. The van der Waals surface area contributed by atoms with Gasteiger partial charge in [-0.25, -0.2) is 14.4 Å². The fourth-order valence-corrected chi connectivity index (χ4v) is 1.60. The minimum absolute atomic E-state index is 0.0232. The number of carbonyl (C=O) groups excluding carboxylic acids is 1. The number of carbonyl (C=O) groups is 1. The van der Waals surface area contributed by atoms with E-state index in [9.17, 15) is 9.18 Å². The molecule has 0 saturated heterocycles. The highest BCUT2D eigenvalue weighted by Crippen LogP contribution is 2.23. The zero-order valence-electron chi connectivity index (χ0n) is 9.45. The van der Waals surface area contributed by atoms with Gasteiger partial charge in [0.25, 0.3) is 0 Å². The molecule has 0 fully saturated rings. The second-order valence-electron chi connectivity index (χ2n) is 3.65. The van der Waals surface area contributed by atoms with Crippen molar-refractivity contribution in [2.45, 2.75) is 6.92 Å². The second kappa shape index (κ2) is 5.10. The third kappa shape index (κ3) is 2.46. The van der Waals surface area contributed by atoms with E-state index in [0.717, 1.165) is 5.56 Å². The van der Waals surface area contributed by atoms with E-state index in [1.807, 2.05) is 0 Å². The van der Waals surface area contributed by atoms with Crippen molar-refractivity contribution in [3.63, 3.8) is 0 Å². The molecule has 1 N–H and O–H groups in total. The third-order valence-corrected chi connectivity index (χ3v) is 2.63. The van der Waals surface area contributed by atoms with Crippen molar-refractivity contribution in [1.82, 2.24) is 9.97 Å². The first-order chi connectivity index (χ1) is 8.61. The van der Waals surface area contributed by atoms with Gasteiger partial charge in [0.2, 0.25) is 0 Å². The first kappa shape index (κ1) is 12.4. The first-order valence-electron chi connectivity index (χ1n) is 5.10. The SMILES string of the molecule is Cc1ccc(Nc2ncnc(Cl)c2C=O)c(F)c1. The molecular weight excluding hydrogens is 257 g/mol. The van der Waals surface area contributed by atoms with Crippen molar-refractivity contribution in [3.8, 4) is 0 Å². The summed E-state index contributed by atoms with van der Waals surface area (Å²) in [6.45, 7) is 1.78. The lowest BCUT2D eigenvalue weighted by molar-refractivity contribution is 0.112. The minimum Gasteiger partial charge on any atom is -0.337 e. The van der Waals surface area contributed by atoms with Crippen molar-refractivity contribution in [3.05, 3.63) is 46.6 Å². The van der Waals surface area contributed by atoms with Crippen LogP contribution >= 0.6 is 11.6 Å². The predicted molar refractivity (Wildman–Crippen MR) is 66.8 cm³/mol. The maximum Gasteiger partial charge on any atom is 0.156 e. The van der Waals surface area contributed by atoms with Gasteiger partial charge in [0.05, 0.1) is 11.3 Å². The number of anilines is 2. The normalized spacial score (nSPS) is 10.2. The molecule has 4 nitrogen and oxygen atoms in total. The highest BCUT2D eigenvalue weighted by molar-refractivity contribution is 6.32. The van der Waals surface area contributed by atoms with Gasteiger partial charge in [-0.2, -0.15) is 0 Å². The van der Waals surface area contributed by atoms with Crippen LogP contribution in [0.3, 0.4) is 0 Å². The molecule has 1 aromatic carbocycles. The lowest BCUT2D eigenvalue weighted by Crippen LogP contribution is -2.02. The molecule has 0 saturated carbocycles. The Labute approximate surface area is 108 Å². The summed E-state index contributed by atoms with van der Waals surface area (Å²) in [7, 11) is 0. The van der Waals surface area contributed by atoms with Crippen molar-refractivity contribution >= 4 is 29.4 Å². The number of halogens is 2. The Morgan fingerprint density at radius 1 is 1.39 bits per heavy atom. The minimum atomic E-state index is -0.429. The summed E-state index contributed by atoms with van der Waals surface area (Å²) in [6, 6.07) is 4.69. The van der Waals surface area contributed by atoms with E-state index in [2.05, 4.69) is 15.3 Å². The number of aldehydes is 1. The van der Waals surface area contributed by atoms with Crippen LogP contribution in [0.2, 0.25) is 5.15 Å². The molecule has 92 valence electrons. The number of hydrogen-bond acceptors (Lipinski definition) is 4. The van der Waals surface area contributed by atoms with E-state index in [-0.39, 0.29) is 22.2 Å². The molecule has 0 unspecified atom stereocenters. The van der Waals surface area contributed by atoms with Crippen molar-refractivity contribution in [1.29, 1.82) is 0 Å². The molecule has 1 heterocycles. The Bertz CT molecular complexity index is 604. The lowest BCUT2D eigenvalue weighted by Gasteiger charge is -2.09. The van der Waals surface area contributed by atoms with Crippen molar-refractivity contribution in [2.75, 3.05) is 5.32 Å². The number of aromatic nitrogens is 2. The molecule has 0 bridgehead atoms. The van der Waals surface area contributed by atoms with E-state index in [1.165, 1.54) is 12.4 Å². The van der Waals surface area contributed by atoms with Crippen molar-refractivity contribution < 1.29 is 9.18 Å². The maximum atomic E-state index is 13.6. The van der Waals surface area contributed by atoms with Gasteiger partial charge in [0.15, 0.2) is 6.29 Å². The lowest BCUT2D eigenvalue weighted by atomic mass is 10.2. The van der Waals surface area contributed by atoms with Gasteiger partial charge in [-0.1, -0.05) is 17.7 Å². The van der Waals surface area contributed by atoms with Crippen LogP contribution in [-0.4, -0.2) is 16.3 Å². The second-order valence-corrected chi connectivity index (χ2v) is 4.01. The highest BCUT2D eigenvalue weighted by atomic mass is 35.5. The number of hydrogen-bond donors (Lipinski definition) is 1. The summed E-state index contributed by atoms with van der Waals surface area (Å²) in [5, 5.41) is 2.74. The summed E-state index contributed by atoms with van der Waals surface area (Å²) in [5.74, 6) is -0.255. The fraction of sp³-hybridized carbons (Fsp3) is 0.0833. The molecule has 0 aliphatic rings.